The maximum absolute atomic E-state index is 12.7. The van der Waals surface area contributed by atoms with E-state index in [1.54, 1.807) is 24.4 Å². The summed E-state index contributed by atoms with van der Waals surface area (Å²) < 4.78 is 27.9. The van der Waals surface area contributed by atoms with Gasteiger partial charge in [-0.1, -0.05) is 12.1 Å². The molecule has 0 aliphatic rings. The number of rotatable bonds is 7. The molecule has 2 aromatic carbocycles. The van der Waals surface area contributed by atoms with E-state index >= 15 is 0 Å². The number of aromatic nitrogens is 1. The van der Waals surface area contributed by atoms with Crippen LogP contribution in [-0.2, 0) is 21.2 Å². The largest absolute Gasteiger partial charge is 0.369 e. The molecule has 30 heavy (non-hydrogen) atoms. The van der Waals surface area contributed by atoms with Crippen LogP contribution >= 0.6 is 11.3 Å². The normalized spacial score (nSPS) is 11.1. The first-order chi connectivity index (χ1) is 14.1. The summed E-state index contributed by atoms with van der Waals surface area (Å²) in [5.74, 6) is -0.906. The van der Waals surface area contributed by atoms with Crippen molar-refractivity contribution in [2.75, 3.05) is 10.0 Å². The summed E-state index contributed by atoms with van der Waals surface area (Å²) >= 11 is 1.18. The molecule has 156 valence electrons. The highest BCUT2D eigenvalue weighted by Gasteiger charge is 2.17. The summed E-state index contributed by atoms with van der Waals surface area (Å²) in [4.78, 5) is 27.6. The molecule has 0 fully saturated rings. The maximum Gasteiger partial charge on any atom is 0.262 e. The number of primary amides is 1. The van der Waals surface area contributed by atoms with Crippen LogP contribution in [-0.4, -0.2) is 25.2 Å². The molecule has 0 aliphatic heterocycles. The van der Waals surface area contributed by atoms with Gasteiger partial charge in [0.15, 0.2) is 5.13 Å². The Morgan fingerprint density at radius 3 is 2.47 bits per heavy atom. The third kappa shape index (κ3) is 5.22. The lowest BCUT2D eigenvalue weighted by Gasteiger charge is -2.11. The van der Waals surface area contributed by atoms with Crippen LogP contribution in [0, 0.1) is 13.8 Å². The van der Waals surface area contributed by atoms with Gasteiger partial charge >= 0.3 is 0 Å². The van der Waals surface area contributed by atoms with Gasteiger partial charge in [0.05, 0.1) is 17.0 Å². The van der Waals surface area contributed by atoms with Crippen molar-refractivity contribution in [2.45, 2.75) is 25.2 Å². The monoisotopic (exact) mass is 444 g/mol. The Hall–Kier alpha value is -3.24. The van der Waals surface area contributed by atoms with E-state index < -0.39 is 21.8 Å². The molecule has 0 unspecified atom stereocenters. The van der Waals surface area contributed by atoms with Crippen LogP contribution in [0.4, 0.5) is 10.8 Å². The zero-order chi connectivity index (χ0) is 21.9. The molecule has 4 N–H and O–H groups in total. The minimum absolute atomic E-state index is 0.00161. The molecule has 0 saturated carbocycles. The number of sulfonamides is 1. The molecule has 1 heterocycles. The van der Waals surface area contributed by atoms with E-state index in [0.29, 0.717) is 27.6 Å². The number of carbonyl (C=O) groups excluding carboxylic acids is 2. The number of anilines is 2. The highest BCUT2D eigenvalue weighted by molar-refractivity contribution is 7.92. The maximum atomic E-state index is 12.7. The molecular weight excluding hydrogens is 424 g/mol. The zero-order valence-electron chi connectivity index (χ0n) is 16.3. The Bertz CT molecular complexity index is 1200. The van der Waals surface area contributed by atoms with Gasteiger partial charge in [-0.05, 0) is 55.3 Å². The van der Waals surface area contributed by atoms with Gasteiger partial charge in [-0.3, -0.25) is 19.6 Å². The van der Waals surface area contributed by atoms with Crippen molar-refractivity contribution >= 4 is 44.0 Å². The van der Waals surface area contributed by atoms with Crippen LogP contribution in [0.5, 0.6) is 0 Å². The average Bonchev–Trinajstić information content (AvgIpc) is 3.09. The fourth-order valence-corrected chi connectivity index (χ4v) is 4.78. The van der Waals surface area contributed by atoms with Crippen molar-refractivity contribution in [1.82, 2.24) is 4.98 Å². The van der Waals surface area contributed by atoms with Gasteiger partial charge in [0.25, 0.3) is 15.9 Å². The number of thiazole rings is 1. The van der Waals surface area contributed by atoms with E-state index in [1.807, 2.05) is 13.0 Å². The van der Waals surface area contributed by atoms with E-state index in [1.165, 1.54) is 35.6 Å². The van der Waals surface area contributed by atoms with E-state index in [0.717, 1.165) is 5.56 Å². The van der Waals surface area contributed by atoms with Crippen LogP contribution in [0.2, 0.25) is 0 Å². The standard InChI is InChI=1S/C20H20N4O4S2/c1-12-3-4-13(2)17(9-12)30(27,28)24-15-7-5-14(6-8-15)19(26)23-20-22-16(11-29-20)10-18(21)25/h3-9,11,24H,10H2,1-2H3,(H2,21,25)(H,22,23,26). The van der Waals surface area contributed by atoms with E-state index in [4.69, 9.17) is 5.73 Å². The predicted molar refractivity (Wildman–Crippen MR) is 116 cm³/mol. The number of hydrogen-bond acceptors (Lipinski definition) is 6. The van der Waals surface area contributed by atoms with E-state index in [-0.39, 0.29) is 11.3 Å². The van der Waals surface area contributed by atoms with Gasteiger partial charge in [-0.2, -0.15) is 0 Å². The SMILES string of the molecule is Cc1ccc(C)c(S(=O)(=O)Nc2ccc(C(=O)Nc3nc(CC(N)=O)cs3)cc2)c1. The highest BCUT2D eigenvalue weighted by atomic mass is 32.2. The number of nitrogens with two attached hydrogens (primary N) is 1. The van der Waals surface area contributed by atoms with Gasteiger partial charge in [-0.25, -0.2) is 13.4 Å². The second-order valence-electron chi connectivity index (χ2n) is 6.69. The van der Waals surface area contributed by atoms with Crippen molar-refractivity contribution in [3.8, 4) is 0 Å². The number of nitrogens with one attached hydrogen (secondary N) is 2. The van der Waals surface area contributed by atoms with Gasteiger partial charge in [0.1, 0.15) is 0 Å². The first kappa shape index (κ1) is 21.5. The minimum Gasteiger partial charge on any atom is -0.369 e. The molecule has 3 aromatic rings. The number of aryl methyl sites for hydroxylation is 2. The molecule has 0 saturated heterocycles. The second kappa shape index (κ2) is 8.64. The number of nitrogens with zero attached hydrogens (tertiary/aromatic N) is 1. The van der Waals surface area contributed by atoms with Gasteiger partial charge in [0, 0.05) is 16.6 Å². The smallest absolute Gasteiger partial charge is 0.262 e. The van der Waals surface area contributed by atoms with E-state index in [2.05, 4.69) is 15.0 Å². The molecule has 0 radical (unpaired) electrons. The first-order valence-corrected chi connectivity index (χ1v) is 11.2. The first-order valence-electron chi connectivity index (χ1n) is 8.88. The Morgan fingerprint density at radius 2 is 1.80 bits per heavy atom. The molecule has 0 aliphatic carbocycles. The third-order valence-electron chi connectivity index (χ3n) is 4.16. The molecule has 8 nitrogen and oxygen atoms in total. The van der Waals surface area contributed by atoms with Gasteiger partial charge in [-0.15, -0.1) is 11.3 Å². The molecule has 3 rings (SSSR count). The summed E-state index contributed by atoms with van der Waals surface area (Å²) in [7, 11) is -3.75. The van der Waals surface area contributed by atoms with Crippen molar-refractivity contribution < 1.29 is 18.0 Å². The summed E-state index contributed by atoms with van der Waals surface area (Å²) in [6.45, 7) is 3.56. The Kier molecular flexibility index (Phi) is 6.18. The summed E-state index contributed by atoms with van der Waals surface area (Å²) in [6, 6.07) is 11.3. The summed E-state index contributed by atoms with van der Waals surface area (Å²) in [5, 5.41) is 4.62. The van der Waals surface area contributed by atoms with Crippen molar-refractivity contribution in [3.05, 3.63) is 70.2 Å². The molecule has 0 spiro atoms. The summed E-state index contributed by atoms with van der Waals surface area (Å²) in [6.07, 6.45) is 0.00161. The Labute approximate surface area is 178 Å². The topological polar surface area (TPSA) is 131 Å². The van der Waals surface area contributed by atoms with Crippen LogP contribution in [0.25, 0.3) is 0 Å². The quantitative estimate of drug-likeness (QED) is 0.516. The highest BCUT2D eigenvalue weighted by Crippen LogP contribution is 2.22. The Morgan fingerprint density at radius 1 is 1.10 bits per heavy atom. The molecule has 1 aromatic heterocycles. The number of carbonyl (C=O) groups is 2. The minimum atomic E-state index is -3.75. The van der Waals surface area contributed by atoms with Gasteiger partial charge in [0.2, 0.25) is 5.91 Å². The molecule has 0 bridgehead atoms. The lowest BCUT2D eigenvalue weighted by atomic mass is 10.2. The van der Waals surface area contributed by atoms with Crippen molar-refractivity contribution in [3.63, 3.8) is 0 Å². The fourth-order valence-electron chi connectivity index (χ4n) is 2.69. The summed E-state index contributed by atoms with van der Waals surface area (Å²) in [5.41, 5.74) is 7.76. The second-order valence-corrected chi connectivity index (χ2v) is 9.20. The third-order valence-corrected chi connectivity index (χ3v) is 6.49. The molecule has 10 heteroatoms. The predicted octanol–water partition coefficient (Wildman–Crippen LogP) is 2.84. The van der Waals surface area contributed by atoms with Crippen LogP contribution < -0.4 is 15.8 Å². The van der Waals surface area contributed by atoms with Crippen molar-refractivity contribution in [1.29, 1.82) is 0 Å². The lowest BCUT2D eigenvalue weighted by Crippen LogP contribution is -2.15. The number of amides is 2. The molecule has 0 atom stereocenters. The van der Waals surface area contributed by atoms with Crippen LogP contribution in [0.3, 0.4) is 0 Å². The fraction of sp³-hybridized carbons (Fsp3) is 0.150. The lowest BCUT2D eigenvalue weighted by molar-refractivity contribution is -0.117. The van der Waals surface area contributed by atoms with Crippen molar-refractivity contribution in [2.24, 2.45) is 5.73 Å². The molecular formula is C20H20N4O4S2. The Balaban J connectivity index is 1.70. The average molecular weight is 445 g/mol. The zero-order valence-corrected chi connectivity index (χ0v) is 17.9. The molecule has 2 amide bonds. The number of benzene rings is 2. The van der Waals surface area contributed by atoms with E-state index in [9.17, 15) is 18.0 Å². The number of hydrogen-bond donors (Lipinski definition) is 3. The van der Waals surface area contributed by atoms with Crippen LogP contribution in [0.1, 0.15) is 27.2 Å². The van der Waals surface area contributed by atoms with Crippen LogP contribution in [0.15, 0.2) is 52.7 Å². The van der Waals surface area contributed by atoms with Gasteiger partial charge < -0.3 is 5.73 Å².